The van der Waals surface area contributed by atoms with Crippen LogP contribution in [0.5, 0.6) is 5.75 Å². The van der Waals surface area contributed by atoms with Gasteiger partial charge in [0.05, 0.1) is 18.9 Å². The Hall–Kier alpha value is -2.47. The molecule has 1 atom stereocenters. The lowest BCUT2D eigenvalue weighted by molar-refractivity contribution is 0.366. The van der Waals surface area contributed by atoms with Crippen LogP contribution in [0.1, 0.15) is 23.6 Å². The molecule has 1 unspecified atom stereocenters. The zero-order valence-electron chi connectivity index (χ0n) is 13.5. The lowest BCUT2D eigenvalue weighted by Gasteiger charge is -2.23. The van der Waals surface area contributed by atoms with E-state index in [0.717, 1.165) is 22.6 Å². The van der Waals surface area contributed by atoms with E-state index < -0.39 is 0 Å². The van der Waals surface area contributed by atoms with Crippen molar-refractivity contribution in [2.75, 3.05) is 14.2 Å². The van der Waals surface area contributed by atoms with Gasteiger partial charge in [0, 0.05) is 13.5 Å². The van der Waals surface area contributed by atoms with E-state index in [-0.39, 0.29) is 11.9 Å². The van der Waals surface area contributed by atoms with Gasteiger partial charge in [-0.15, -0.1) is 0 Å². The maximum atomic E-state index is 13.2. The SMILES string of the molecule is CNC(=S)N1N=C(c2ccc(OC)cc2)CC1c1ccc(F)cc1. The molecule has 0 fully saturated rings. The maximum absolute atomic E-state index is 13.2. The van der Waals surface area contributed by atoms with Crippen molar-refractivity contribution >= 4 is 23.0 Å². The smallest absolute Gasteiger partial charge is 0.189 e. The first-order valence-corrected chi connectivity index (χ1v) is 8.01. The second-order valence-corrected chi connectivity index (χ2v) is 5.83. The minimum absolute atomic E-state index is 0.0531. The van der Waals surface area contributed by atoms with Crippen LogP contribution in [0.4, 0.5) is 4.39 Å². The van der Waals surface area contributed by atoms with Gasteiger partial charge >= 0.3 is 0 Å². The first-order valence-electron chi connectivity index (χ1n) is 7.60. The molecule has 3 rings (SSSR count). The van der Waals surface area contributed by atoms with Crippen molar-refractivity contribution < 1.29 is 9.13 Å². The van der Waals surface area contributed by atoms with Crippen molar-refractivity contribution in [2.24, 2.45) is 5.10 Å². The molecular weight excluding hydrogens is 325 g/mol. The number of thiocarbonyl (C=S) groups is 1. The van der Waals surface area contributed by atoms with Gasteiger partial charge in [-0.1, -0.05) is 12.1 Å². The minimum atomic E-state index is -0.254. The maximum Gasteiger partial charge on any atom is 0.189 e. The molecule has 0 saturated carbocycles. The van der Waals surface area contributed by atoms with Crippen molar-refractivity contribution in [3.63, 3.8) is 0 Å². The first kappa shape index (κ1) is 16.4. The van der Waals surface area contributed by atoms with E-state index in [1.807, 2.05) is 24.3 Å². The number of nitrogens with zero attached hydrogens (tertiary/aromatic N) is 2. The van der Waals surface area contributed by atoms with E-state index in [0.29, 0.717) is 11.5 Å². The molecule has 0 amide bonds. The zero-order chi connectivity index (χ0) is 17.1. The van der Waals surface area contributed by atoms with E-state index in [9.17, 15) is 4.39 Å². The number of hydrogen-bond acceptors (Lipinski definition) is 3. The molecule has 0 spiro atoms. The first-order chi connectivity index (χ1) is 11.6. The molecule has 1 heterocycles. The minimum Gasteiger partial charge on any atom is -0.497 e. The van der Waals surface area contributed by atoms with E-state index in [1.54, 1.807) is 31.3 Å². The van der Waals surface area contributed by atoms with Crippen LogP contribution in [0.15, 0.2) is 53.6 Å². The Balaban J connectivity index is 1.91. The molecule has 0 saturated heterocycles. The summed E-state index contributed by atoms with van der Waals surface area (Å²) in [5.74, 6) is 0.547. The summed E-state index contributed by atoms with van der Waals surface area (Å²) in [4.78, 5) is 0. The Morgan fingerprint density at radius 2 is 1.88 bits per heavy atom. The number of methoxy groups -OCH3 is 1. The van der Waals surface area contributed by atoms with Gasteiger partial charge in [0.1, 0.15) is 11.6 Å². The highest BCUT2D eigenvalue weighted by Crippen LogP contribution is 2.33. The molecule has 1 N–H and O–H groups in total. The Kier molecular flexibility index (Phi) is 4.76. The summed E-state index contributed by atoms with van der Waals surface area (Å²) in [5.41, 5.74) is 2.93. The summed E-state index contributed by atoms with van der Waals surface area (Å²) in [6.45, 7) is 0. The molecule has 124 valence electrons. The van der Waals surface area contributed by atoms with Gasteiger partial charge in [0.2, 0.25) is 0 Å². The molecule has 0 aliphatic carbocycles. The molecule has 6 heteroatoms. The lowest BCUT2D eigenvalue weighted by atomic mass is 9.98. The van der Waals surface area contributed by atoms with Crippen LogP contribution in [0.25, 0.3) is 0 Å². The largest absolute Gasteiger partial charge is 0.497 e. The van der Waals surface area contributed by atoms with Gasteiger partial charge in [-0.3, -0.25) is 0 Å². The average Bonchev–Trinajstić information content (AvgIpc) is 3.07. The topological polar surface area (TPSA) is 36.9 Å². The van der Waals surface area contributed by atoms with Crippen LogP contribution in [-0.4, -0.2) is 30.0 Å². The van der Waals surface area contributed by atoms with E-state index in [1.165, 1.54) is 12.1 Å². The molecule has 1 aliphatic rings. The fourth-order valence-electron chi connectivity index (χ4n) is 2.71. The van der Waals surface area contributed by atoms with Crippen molar-refractivity contribution in [3.05, 3.63) is 65.5 Å². The van der Waals surface area contributed by atoms with Crippen molar-refractivity contribution in [2.45, 2.75) is 12.5 Å². The Morgan fingerprint density at radius 1 is 1.21 bits per heavy atom. The van der Waals surface area contributed by atoms with E-state index in [4.69, 9.17) is 17.0 Å². The molecule has 0 bridgehead atoms. The van der Waals surface area contributed by atoms with Crippen molar-refractivity contribution in [3.8, 4) is 5.75 Å². The predicted molar refractivity (Wildman–Crippen MR) is 96.8 cm³/mol. The van der Waals surface area contributed by atoms with Gasteiger partial charge in [-0.2, -0.15) is 5.10 Å². The normalized spacial score (nSPS) is 16.7. The van der Waals surface area contributed by atoms with Crippen LogP contribution in [0, 0.1) is 5.82 Å². The molecule has 4 nitrogen and oxygen atoms in total. The predicted octanol–water partition coefficient (Wildman–Crippen LogP) is 3.49. The Bertz CT molecular complexity index is 759. The Morgan fingerprint density at radius 3 is 2.46 bits per heavy atom. The molecule has 2 aromatic rings. The van der Waals surface area contributed by atoms with Crippen molar-refractivity contribution in [1.82, 2.24) is 10.3 Å². The third kappa shape index (κ3) is 3.23. The van der Waals surface area contributed by atoms with Crippen LogP contribution in [0.2, 0.25) is 0 Å². The molecule has 1 aliphatic heterocycles. The number of hydrazone groups is 1. The lowest BCUT2D eigenvalue weighted by Crippen LogP contribution is -2.34. The standard InChI is InChI=1S/C18H18FN3OS/c1-20-18(24)22-17(13-3-7-14(19)8-4-13)11-16(21-22)12-5-9-15(23-2)10-6-12/h3-10,17H,11H2,1-2H3,(H,20,24). The number of hydrogen-bond donors (Lipinski definition) is 1. The third-order valence-corrected chi connectivity index (χ3v) is 4.40. The number of rotatable bonds is 3. The van der Waals surface area contributed by atoms with Crippen LogP contribution >= 0.6 is 12.2 Å². The van der Waals surface area contributed by atoms with Gasteiger partial charge in [0.15, 0.2) is 5.11 Å². The highest BCUT2D eigenvalue weighted by atomic mass is 32.1. The van der Waals surface area contributed by atoms with E-state index >= 15 is 0 Å². The number of halogens is 1. The second kappa shape index (κ2) is 6.97. The molecule has 0 aromatic heterocycles. The van der Waals surface area contributed by atoms with Gasteiger partial charge < -0.3 is 10.1 Å². The van der Waals surface area contributed by atoms with Gasteiger partial charge in [0.25, 0.3) is 0 Å². The van der Waals surface area contributed by atoms with Crippen LogP contribution < -0.4 is 10.1 Å². The highest BCUT2D eigenvalue weighted by molar-refractivity contribution is 7.80. The fraction of sp³-hybridized carbons (Fsp3) is 0.222. The number of benzene rings is 2. The van der Waals surface area contributed by atoms with Gasteiger partial charge in [-0.05, 0) is 59.7 Å². The number of nitrogens with one attached hydrogen (secondary N) is 1. The fourth-order valence-corrected chi connectivity index (χ4v) is 2.88. The summed E-state index contributed by atoms with van der Waals surface area (Å²) >= 11 is 5.37. The zero-order valence-corrected chi connectivity index (χ0v) is 14.3. The Labute approximate surface area is 145 Å². The summed E-state index contributed by atoms with van der Waals surface area (Å²) in [5, 5.41) is 9.96. The third-order valence-electron chi connectivity index (χ3n) is 4.01. The summed E-state index contributed by atoms with van der Waals surface area (Å²) < 4.78 is 18.4. The quantitative estimate of drug-likeness (QED) is 0.866. The number of ether oxygens (including phenoxy) is 1. The van der Waals surface area contributed by atoms with Crippen molar-refractivity contribution in [1.29, 1.82) is 0 Å². The molecule has 24 heavy (non-hydrogen) atoms. The molecule has 0 radical (unpaired) electrons. The average molecular weight is 343 g/mol. The molecular formula is C18H18FN3OS. The highest BCUT2D eigenvalue weighted by Gasteiger charge is 2.31. The second-order valence-electron chi connectivity index (χ2n) is 5.45. The summed E-state index contributed by atoms with van der Waals surface area (Å²) in [6.07, 6.45) is 0.694. The van der Waals surface area contributed by atoms with Gasteiger partial charge in [-0.25, -0.2) is 9.40 Å². The van der Waals surface area contributed by atoms with E-state index in [2.05, 4.69) is 10.4 Å². The monoisotopic (exact) mass is 343 g/mol. The molecule has 2 aromatic carbocycles. The van der Waals surface area contributed by atoms with Crippen LogP contribution in [-0.2, 0) is 0 Å². The van der Waals surface area contributed by atoms with Crippen LogP contribution in [0.3, 0.4) is 0 Å². The summed E-state index contributed by atoms with van der Waals surface area (Å²) in [6, 6.07) is 14.2. The summed E-state index contributed by atoms with van der Waals surface area (Å²) in [7, 11) is 3.41.